The van der Waals surface area contributed by atoms with E-state index in [0.717, 1.165) is 24.4 Å². The van der Waals surface area contributed by atoms with Crippen LogP contribution in [0.15, 0.2) is 36.5 Å². The van der Waals surface area contributed by atoms with Crippen molar-refractivity contribution in [2.45, 2.75) is 26.7 Å². The first kappa shape index (κ1) is 30.7. The van der Waals surface area contributed by atoms with Crippen molar-refractivity contribution in [1.29, 1.82) is 0 Å². The molecule has 0 aliphatic carbocycles. The zero-order valence-corrected chi connectivity index (χ0v) is 22.3. The third-order valence-corrected chi connectivity index (χ3v) is 6.44. The van der Waals surface area contributed by atoms with Gasteiger partial charge in [-0.3, -0.25) is 14.4 Å². The standard InChI is InChI=1S/C25H27F4N5O5S/c1-3-7-31-40(37,38)34-24-21(28)15(6-8-30-24)12-16-13-17(25(36)33-39-10-9-35)23(22(29)20(16)27)32-19-5-4-14(2)11-18(19)26/h4-6,8,11,13,31-32,35H,3,7,9-10,12H2,1-2H3,(H,30,34)(H,33,36). The number of nitrogens with one attached hydrogen (secondary N) is 4. The summed E-state index contributed by atoms with van der Waals surface area (Å²) in [4.78, 5) is 21.2. The number of carbonyl (C=O) groups excluding carboxylic acids is 1. The Labute approximate surface area is 227 Å². The number of aryl methyl sites for hydroxylation is 1. The van der Waals surface area contributed by atoms with Gasteiger partial charge in [-0.25, -0.2) is 28.0 Å². The highest BCUT2D eigenvalue weighted by molar-refractivity contribution is 7.90. The van der Waals surface area contributed by atoms with Crippen LogP contribution in [-0.4, -0.2) is 44.2 Å². The molecule has 2 aromatic carbocycles. The molecule has 15 heteroatoms. The predicted octanol–water partition coefficient (Wildman–Crippen LogP) is 3.59. The Morgan fingerprint density at radius 1 is 1.05 bits per heavy atom. The van der Waals surface area contributed by atoms with E-state index in [2.05, 4.69) is 15.0 Å². The third-order valence-electron chi connectivity index (χ3n) is 5.39. The minimum Gasteiger partial charge on any atom is -0.394 e. The molecule has 0 atom stereocenters. The summed E-state index contributed by atoms with van der Waals surface area (Å²) in [6, 6.07) is 5.96. The van der Waals surface area contributed by atoms with Gasteiger partial charge in [-0.15, -0.1) is 0 Å². The van der Waals surface area contributed by atoms with Crippen molar-refractivity contribution in [2.24, 2.45) is 0 Å². The molecule has 1 heterocycles. The van der Waals surface area contributed by atoms with E-state index in [9.17, 15) is 17.6 Å². The number of aromatic nitrogens is 1. The number of halogens is 4. The molecular formula is C25H27F4N5O5S. The molecule has 0 fully saturated rings. The molecule has 0 aliphatic rings. The van der Waals surface area contributed by atoms with Gasteiger partial charge >= 0.3 is 0 Å². The van der Waals surface area contributed by atoms with E-state index in [1.807, 2.05) is 10.2 Å². The lowest BCUT2D eigenvalue weighted by Gasteiger charge is -2.17. The Bertz CT molecular complexity index is 1490. The van der Waals surface area contributed by atoms with Crippen LogP contribution < -0.4 is 20.2 Å². The van der Waals surface area contributed by atoms with E-state index in [1.54, 1.807) is 13.8 Å². The maximum Gasteiger partial charge on any atom is 0.300 e. The predicted molar refractivity (Wildman–Crippen MR) is 139 cm³/mol. The number of aliphatic hydroxyl groups is 1. The second kappa shape index (κ2) is 13.5. The summed E-state index contributed by atoms with van der Waals surface area (Å²) in [6.07, 6.45) is 0.923. The minimum absolute atomic E-state index is 0.0842. The summed E-state index contributed by atoms with van der Waals surface area (Å²) < 4.78 is 88.5. The van der Waals surface area contributed by atoms with Crippen molar-refractivity contribution >= 4 is 33.3 Å². The molecule has 3 rings (SSSR count). The molecule has 0 saturated carbocycles. The quantitative estimate of drug-likeness (QED) is 0.117. The number of carbonyl (C=O) groups is 1. The average molecular weight is 586 g/mol. The molecule has 3 aromatic rings. The fraction of sp³-hybridized carbons (Fsp3) is 0.280. The smallest absolute Gasteiger partial charge is 0.300 e. The van der Waals surface area contributed by atoms with Gasteiger partial charge < -0.3 is 10.4 Å². The van der Waals surface area contributed by atoms with Gasteiger partial charge in [0.2, 0.25) is 0 Å². The molecule has 216 valence electrons. The Hall–Kier alpha value is -3.79. The highest BCUT2D eigenvalue weighted by Gasteiger charge is 2.25. The summed E-state index contributed by atoms with van der Waals surface area (Å²) in [7, 11) is -4.15. The molecule has 1 aromatic heterocycles. The van der Waals surface area contributed by atoms with Crippen LogP contribution >= 0.6 is 0 Å². The number of aliphatic hydroxyl groups excluding tert-OH is 1. The zero-order chi connectivity index (χ0) is 29.4. The highest BCUT2D eigenvalue weighted by atomic mass is 32.2. The number of benzene rings is 2. The van der Waals surface area contributed by atoms with Crippen LogP contribution in [0.25, 0.3) is 0 Å². The van der Waals surface area contributed by atoms with E-state index >= 15 is 13.2 Å². The van der Waals surface area contributed by atoms with E-state index in [1.165, 1.54) is 12.1 Å². The number of amides is 1. The van der Waals surface area contributed by atoms with Gasteiger partial charge in [0.05, 0.1) is 30.2 Å². The maximum atomic E-state index is 15.4. The van der Waals surface area contributed by atoms with E-state index in [4.69, 9.17) is 9.94 Å². The molecule has 0 bridgehead atoms. The van der Waals surface area contributed by atoms with Crippen molar-refractivity contribution in [2.75, 3.05) is 29.8 Å². The van der Waals surface area contributed by atoms with Crippen LogP contribution in [0.5, 0.6) is 0 Å². The van der Waals surface area contributed by atoms with Gasteiger partial charge in [0.1, 0.15) is 5.82 Å². The van der Waals surface area contributed by atoms with Crippen molar-refractivity contribution in [3.05, 3.63) is 82.1 Å². The highest BCUT2D eigenvalue weighted by Crippen LogP contribution is 2.32. The van der Waals surface area contributed by atoms with E-state index in [0.29, 0.717) is 12.0 Å². The van der Waals surface area contributed by atoms with Gasteiger partial charge in [0.15, 0.2) is 23.3 Å². The van der Waals surface area contributed by atoms with Crippen LogP contribution in [0, 0.1) is 30.2 Å². The van der Waals surface area contributed by atoms with Crippen LogP contribution in [0.3, 0.4) is 0 Å². The summed E-state index contributed by atoms with van der Waals surface area (Å²) in [5.74, 6) is -6.73. The van der Waals surface area contributed by atoms with Gasteiger partial charge in [0, 0.05) is 19.2 Å². The molecule has 0 unspecified atom stereocenters. The monoisotopic (exact) mass is 585 g/mol. The van der Waals surface area contributed by atoms with E-state index in [-0.39, 0.29) is 24.4 Å². The lowest BCUT2D eigenvalue weighted by Crippen LogP contribution is -2.31. The second-order valence-corrected chi connectivity index (χ2v) is 10.0. The molecule has 0 aliphatic heterocycles. The normalized spacial score (nSPS) is 11.4. The first-order valence-electron chi connectivity index (χ1n) is 11.9. The fourth-order valence-electron chi connectivity index (χ4n) is 3.48. The number of hydrogen-bond donors (Lipinski definition) is 5. The number of hydroxylamine groups is 1. The zero-order valence-electron chi connectivity index (χ0n) is 21.4. The number of rotatable bonds is 13. The van der Waals surface area contributed by atoms with Gasteiger partial charge in [-0.1, -0.05) is 13.0 Å². The van der Waals surface area contributed by atoms with E-state index < -0.39 is 75.0 Å². The largest absolute Gasteiger partial charge is 0.394 e. The van der Waals surface area contributed by atoms with Crippen molar-refractivity contribution in [1.82, 2.24) is 15.2 Å². The Morgan fingerprint density at radius 3 is 2.48 bits per heavy atom. The summed E-state index contributed by atoms with van der Waals surface area (Å²) in [6.45, 7) is 2.66. The van der Waals surface area contributed by atoms with Crippen LogP contribution in [0.1, 0.15) is 40.4 Å². The summed E-state index contributed by atoms with van der Waals surface area (Å²) in [5.41, 5.74) is 0.268. The first-order valence-corrected chi connectivity index (χ1v) is 13.4. The Kier molecular flexibility index (Phi) is 10.4. The molecule has 40 heavy (non-hydrogen) atoms. The Morgan fingerprint density at radius 2 is 1.80 bits per heavy atom. The number of hydrogen-bond acceptors (Lipinski definition) is 7. The SMILES string of the molecule is CCCNS(=O)(=O)Nc1nccc(Cc2cc(C(=O)NOCCO)c(Nc3ccc(C)cc3F)c(F)c2F)c1F. The molecule has 10 nitrogen and oxygen atoms in total. The van der Waals surface area contributed by atoms with Crippen LogP contribution in [-0.2, 0) is 21.5 Å². The fourth-order valence-corrected chi connectivity index (χ4v) is 4.42. The average Bonchev–Trinajstić information content (AvgIpc) is 2.90. The maximum absolute atomic E-state index is 15.4. The van der Waals surface area contributed by atoms with Crippen molar-refractivity contribution in [3.63, 3.8) is 0 Å². The lowest BCUT2D eigenvalue weighted by atomic mass is 9.99. The van der Waals surface area contributed by atoms with Gasteiger partial charge in [0.25, 0.3) is 16.1 Å². The molecule has 0 saturated heterocycles. The summed E-state index contributed by atoms with van der Waals surface area (Å²) in [5, 5.41) is 11.3. The second-order valence-electron chi connectivity index (χ2n) is 8.51. The summed E-state index contributed by atoms with van der Waals surface area (Å²) >= 11 is 0. The topological polar surface area (TPSA) is 142 Å². The van der Waals surface area contributed by atoms with Crippen molar-refractivity contribution in [3.8, 4) is 0 Å². The number of pyridine rings is 1. The lowest BCUT2D eigenvalue weighted by molar-refractivity contribution is 0.0168. The third kappa shape index (κ3) is 7.65. The molecule has 5 N–H and O–H groups in total. The van der Waals surface area contributed by atoms with Crippen LogP contribution in [0.2, 0.25) is 0 Å². The van der Waals surface area contributed by atoms with Gasteiger partial charge in [-0.05, 0) is 54.3 Å². The Balaban J connectivity index is 2.03. The number of nitrogens with zero attached hydrogens (tertiary/aromatic N) is 1. The van der Waals surface area contributed by atoms with Crippen molar-refractivity contribution < 1.29 is 40.7 Å². The first-order chi connectivity index (χ1) is 19.0. The molecular weight excluding hydrogens is 558 g/mol. The molecule has 1 amide bonds. The van der Waals surface area contributed by atoms with Crippen LogP contribution in [0.4, 0.5) is 34.8 Å². The van der Waals surface area contributed by atoms with Gasteiger partial charge in [-0.2, -0.15) is 13.1 Å². The molecule has 0 spiro atoms. The number of anilines is 3. The molecule has 0 radical (unpaired) electrons. The minimum atomic E-state index is -4.15.